The van der Waals surface area contributed by atoms with Gasteiger partial charge in [-0.25, -0.2) is 0 Å². The highest BCUT2D eigenvalue weighted by Crippen LogP contribution is 2.33. The third-order valence-electron chi connectivity index (χ3n) is 4.83. The molecule has 0 aromatic rings. The monoisotopic (exact) mass is 267 g/mol. The normalized spacial score (nSPS) is 38.7. The molecule has 3 fully saturated rings. The van der Waals surface area contributed by atoms with Crippen LogP contribution in [0.25, 0.3) is 0 Å². The highest BCUT2D eigenvalue weighted by Gasteiger charge is 2.39. The van der Waals surface area contributed by atoms with Crippen molar-refractivity contribution in [3.05, 3.63) is 0 Å². The first-order chi connectivity index (χ1) is 9.33. The zero-order chi connectivity index (χ0) is 13.1. The molecule has 3 aliphatic rings. The van der Waals surface area contributed by atoms with Crippen LogP contribution < -0.4 is 5.32 Å². The van der Waals surface area contributed by atoms with E-state index in [0.29, 0.717) is 18.6 Å². The first-order valence-electron chi connectivity index (χ1n) is 7.87. The van der Waals surface area contributed by atoms with Gasteiger partial charge in [0.05, 0.1) is 6.10 Å². The minimum absolute atomic E-state index is 0.0661. The Morgan fingerprint density at radius 3 is 2.79 bits per heavy atom. The van der Waals surface area contributed by atoms with Crippen LogP contribution in [-0.2, 0) is 14.3 Å². The van der Waals surface area contributed by atoms with E-state index in [1.807, 2.05) is 0 Å². The number of esters is 1. The van der Waals surface area contributed by atoms with Crippen molar-refractivity contribution in [2.24, 2.45) is 5.92 Å². The Hall–Kier alpha value is -0.610. The second-order valence-corrected chi connectivity index (χ2v) is 6.22. The molecule has 3 rings (SSSR count). The molecule has 2 aliphatic heterocycles. The summed E-state index contributed by atoms with van der Waals surface area (Å²) < 4.78 is 11.0. The lowest BCUT2D eigenvalue weighted by Crippen LogP contribution is -2.39. The maximum Gasteiger partial charge on any atom is 0.323 e. The summed E-state index contributed by atoms with van der Waals surface area (Å²) in [5, 5.41) is 3.47. The molecule has 0 radical (unpaired) electrons. The van der Waals surface area contributed by atoms with E-state index in [0.717, 1.165) is 25.9 Å². The Balaban J connectivity index is 1.43. The fraction of sp³-hybridized carbons (Fsp3) is 0.933. The van der Waals surface area contributed by atoms with Gasteiger partial charge in [-0.15, -0.1) is 0 Å². The van der Waals surface area contributed by atoms with Gasteiger partial charge >= 0.3 is 5.97 Å². The molecule has 0 aromatic heterocycles. The molecule has 0 bridgehead atoms. The van der Waals surface area contributed by atoms with E-state index in [4.69, 9.17) is 9.47 Å². The zero-order valence-corrected chi connectivity index (χ0v) is 11.6. The van der Waals surface area contributed by atoms with Gasteiger partial charge in [0, 0.05) is 12.6 Å². The van der Waals surface area contributed by atoms with Crippen molar-refractivity contribution in [3.63, 3.8) is 0 Å². The van der Waals surface area contributed by atoms with E-state index < -0.39 is 0 Å². The Bertz CT molecular complexity index is 301. The quantitative estimate of drug-likeness (QED) is 0.795. The molecule has 1 aliphatic carbocycles. The maximum absolute atomic E-state index is 12.1. The molecule has 1 saturated carbocycles. The summed E-state index contributed by atoms with van der Waals surface area (Å²) in [6.07, 6.45) is 9.55. The Morgan fingerprint density at radius 1 is 1.16 bits per heavy atom. The third kappa shape index (κ3) is 3.29. The van der Waals surface area contributed by atoms with Crippen molar-refractivity contribution in [1.29, 1.82) is 0 Å². The van der Waals surface area contributed by atoms with Crippen molar-refractivity contribution >= 4 is 5.97 Å². The highest BCUT2D eigenvalue weighted by atomic mass is 16.6. The van der Waals surface area contributed by atoms with Crippen LogP contribution in [-0.4, -0.2) is 37.4 Å². The lowest BCUT2D eigenvalue weighted by molar-refractivity contribution is -0.151. The summed E-state index contributed by atoms with van der Waals surface area (Å²) in [5.41, 5.74) is 0. The van der Waals surface area contributed by atoms with Gasteiger partial charge in [-0.2, -0.15) is 0 Å². The highest BCUT2D eigenvalue weighted by molar-refractivity contribution is 5.76. The Morgan fingerprint density at radius 2 is 2.00 bits per heavy atom. The lowest BCUT2D eigenvalue weighted by atomic mass is 9.85. The molecule has 4 nitrogen and oxygen atoms in total. The molecular formula is C15H25NO3. The molecule has 19 heavy (non-hydrogen) atoms. The molecule has 2 saturated heterocycles. The first kappa shape index (κ1) is 13.4. The van der Waals surface area contributed by atoms with Gasteiger partial charge in [-0.3, -0.25) is 4.79 Å². The van der Waals surface area contributed by atoms with Crippen molar-refractivity contribution in [2.45, 2.75) is 69.6 Å². The smallest absolute Gasteiger partial charge is 0.323 e. The predicted octanol–water partition coefficient (Wildman–Crippen LogP) is 2.02. The van der Waals surface area contributed by atoms with Crippen molar-refractivity contribution in [1.82, 2.24) is 5.32 Å². The van der Waals surface area contributed by atoms with Gasteiger partial charge < -0.3 is 14.8 Å². The molecule has 4 heteroatoms. The molecule has 4 atom stereocenters. The van der Waals surface area contributed by atoms with Gasteiger partial charge in [-0.05, 0) is 44.4 Å². The number of nitrogens with one attached hydrogen (secondary N) is 1. The number of carbonyl (C=O) groups excluding carboxylic acids is 1. The number of hydrogen-bond donors (Lipinski definition) is 1. The van der Waals surface area contributed by atoms with Gasteiger partial charge in [0.2, 0.25) is 0 Å². The van der Waals surface area contributed by atoms with Crippen molar-refractivity contribution in [2.75, 3.05) is 13.2 Å². The van der Waals surface area contributed by atoms with E-state index in [1.165, 1.54) is 32.1 Å². The van der Waals surface area contributed by atoms with Gasteiger partial charge in [0.15, 0.2) is 0 Å². The SMILES string of the molecule is O=C(OCC1CCCCO1)C1CC2CCCCC2N1. The molecule has 4 unspecified atom stereocenters. The van der Waals surface area contributed by atoms with Crippen LogP contribution in [0.4, 0.5) is 0 Å². The number of hydrogen-bond acceptors (Lipinski definition) is 4. The first-order valence-corrected chi connectivity index (χ1v) is 7.87. The van der Waals surface area contributed by atoms with Crippen molar-refractivity contribution < 1.29 is 14.3 Å². The predicted molar refractivity (Wildman–Crippen MR) is 71.8 cm³/mol. The van der Waals surface area contributed by atoms with Crippen LogP contribution in [0.5, 0.6) is 0 Å². The van der Waals surface area contributed by atoms with Crippen LogP contribution >= 0.6 is 0 Å². The fourth-order valence-corrected chi connectivity index (χ4v) is 3.72. The summed E-state index contributed by atoms with van der Waals surface area (Å²) in [7, 11) is 0. The molecule has 2 heterocycles. The average molecular weight is 267 g/mol. The number of rotatable bonds is 3. The molecule has 0 spiro atoms. The van der Waals surface area contributed by atoms with Crippen LogP contribution in [0, 0.1) is 5.92 Å². The summed E-state index contributed by atoms with van der Waals surface area (Å²) in [5.74, 6) is 0.626. The lowest BCUT2D eigenvalue weighted by Gasteiger charge is -2.24. The summed E-state index contributed by atoms with van der Waals surface area (Å²) in [4.78, 5) is 12.1. The van der Waals surface area contributed by atoms with Gasteiger partial charge in [0.25, 0.3) is 0 Å². The summed E-state index contributed by atoms with van der Waals surface area (Å²) in [6.45, 7) is 1.25. The average Bonchev–Trinajstić information content (AvgIpc) is 2.90. The minimum atomic E-state index is -0.0725. The molecule has 108 valence electrons. The van der Waals surface area contributed by atoms with Crippen LogP contribution in [0.15, 0.2) is 0 Å². The van der Waals surface area contributed by atoms with Crippen LogP contribution in [0.3, 0.4) is 0 Å². The van der Waals surface area contributed by atoms with Crippen LogP contribution in [0.2, 0.25) is 0 Å². The van der Waals surface area contributed by atoms with E-state index in [-0.39, 0.29) is 18.1 Å². The van der Waals surface area contributed by atoms with E-state index >= 15 is 0 Å². The Kier molecular flexibility index (Phi) is 4.38. The number of carbonyl (C=O) groups is 1. The second kappa shape index (κ2) is 6.23. The number of ether oxygens (including phenoxy) is 2. The molecular weight excluding hydrogens is 242 g/mol. The third-order valence-corrected chi connectivity index (χ3v) is 4.83. The van der Waals surface area contributed by atoms with E-state index in [1.54, 1.807) is 0 Å². The topological polar surface area (TPSA) is 47.6 Å². The number of fused-ring (bicyclic) bond motifs is 1. The molecule has 1 N–H and O–H groups in total. The van der Waals surface area contributed by atoms with E-state index in [2.05, 4.69) is 5.32 Å². The maximum atomic E-state index is 12.1. The van der Waals surface area contributed by atoms with Gasteiger partial charge in [-0.1, -0.05) is 12.8 Å². The molecule has 0 amide bonds. The molecule has 0 aromatic carbocycles. The Labute approximate surface area is 115 Å². The van der Waals surface area contributed by atoms with Crippen LogP contribution in [0.1, 0.15) is 51.4 Å². The standard InChI is InChI=1S/C15H25NO3/c17-15(19-10-12-6-3-4-8-18-12)14-9-11-5-1-2-7-13(11)16-14/h11-14,16H,1-10H2. The van der Waals surface area contributed by atoms with Crippen molar-refractivity contribution in [3.8, 4) is 0 Å². The van der Waals surface area contributed by atoms with E-state index in [9.17, 15) is 4.79 Å². The largest absolute Gasteiger partial charge is 0.462 e. The second-order valence-electron chi connectivity index (χ2n) is 6.22. The summed E-state index contributed by atoms with van der Waals surface area (Å²) >= 11 is 0. The zero-order valence-electron chi connectivity index (χ0n) is 11.6. The minimum Gasteiger partial charge on any atom is -0.462 e. The fourth-order valence-electron chi connectivity index (χ4n) is 3.72. The van der Waals surface area contributed by atoms with Gasteiger partial charge in [0.1, 0.15) is 12.6 Å². The summed E-state index contributed by atoms with van der Waals surface area (Å²) in [6, 6.07) is 0.480.